The second-order valence-electron chi connectivity index (χ2n) is 4.53. The first-order valence-corrected chi connectivity index (χ1v) is 8.15. The number of hydrogen-bond acceptors (Lipinski definition) is 3. The molecule has 108 valence electrons. The highest BCUT2D eigenvalue weighted by atomic mass is 35.5. The van der Waals surface area contributed by atoms with Gasteiger partial charge in [-0.1, -0.05) is 30.7 Å². The van der Waals surface area contributed by atoms with Gasteiger partial charge >= 0.3 is 0 Å². The lowest BCUT2D eigenvalue weighted by molar-refractivity contribution is 0.339. The van der Waals surface area contributed by atoms with Gasteiger partial charge < -0.3 is 10.1 Å². The zero-order valence-electron chi connectivity index (χ0n) is 11.9. The molecule has 2 nitrogen and oxygen atoms in total. The van der Waals surface area contributed by atoms with Crippen LogP contribution in [0.3, 0.4) is 0 Å². The predicted octanol–water partition coefficient (Wildman–Crippen LogP) is 4.89. The molecule has 0 spiro atoms. The van der Waals surface area contributed by atoms with E-state index in [9.17, 15) is 0 Å². The fourth-order valence-corrected chi connectivity index (χ4v) is 3.27. The first-order chi connectivity index (χ1) is 9.74. The Kier molecular flexibility index (Phi) is 5.89. The summed E-state index contributed by atoms with van der Waals surface area (Å²) in [5, 5.41) is 3.58. The van der Waals surface area contributed by atoms with Gasteiger partial charge in [0, 0.05) is 4.88 Å². The topological polar surface area (TPSA) is 21.3 Å². The van der Waals surface area contributed by atoms with Crippen LogP contribution in [0.4, 0.5) is 0 Å². The van der Waals surface area contributed by atoms with Crippen LogP contribution in [0.15, 0.2) is 36.4 Å². The van der Waals surface area contributed by atoms with Crippen molar-refractivity contribution in [2.45, 2.75) is 26.3 Å². The fraction of sp³-hybridized carbons (Fsp3) is 0.375. The van der Waals surface area contributed by atoms with Crippen molar-refractivity contribution in [3.63, 3.8) is 0 Å². The first-order valence-electron chi connectivity index (χ1n) is 6.96. The van der Waals surface area contributed by atoms with Crippen LogP contribution in [0.1, 0.15) is 36.8 Å². The number of hydrogen-bond donors (Lipinski definition) is 1. The summed E-state index contributed by atoms with van der Waals surface area (Å²) in [5.74, 6) is 0.913. The first kappa shape index (κ1) is 15.4. The number of benzene rings is 1. The van der Waals surface area contributed by atoms with Gasteiger partial charge in [-0.15, -0.1) is 11.3 Å². The highest BCUT2D eigenvalue weighted by molar-refractivity contribution is 7.16. The molecule has 1 aromatic heterocycles. The van der Waals surface area contributed by atoms with Crippen molar-refractivity contribution in [1.29, 1.82) is 0 Å². The van der Waals surface area contributed by atoms with Gasteiger partial charge in [-0.25, -0.2) is 0 Å². The molecule has 0 saturated heterocycles. The molecule has 0 aliphatic carbocycles. The van der Waals surface area contributed by atoms with Gasteiger partial charge in [0.15, 0.2) is 0 Å². The van der Waals surface area contributed by atoms with Crippen molar-refractivity contribution in [3.8, 4) is 5.75 Å². The third-order valence-corrected chi connectivity index (χ3v) is 4.28. The lowest BCUT2D eigenvalue weighted by atomic mass is 10.0. The van der Waals surface area contributed by atoms with E-state index in [1.165, 1.54) is 10.4 Å². The number of rotatable bonds is 7. The van der Waals surface area contributed by atoms with Crippen LogP contribution in [-0.2, 0) is 0 Å². The molecule has 0 saturated carbocycles. The van der Waals surface area contributed by atoms with E-state index >= 15 is 0 Å². The van der Waals surface area contributed by atoms with Crippen LogP contribution >= 0.6 is 22.9 Å². The standard InChI is InChI=1S/C16H20ClNOS/c1-3-10-18-16(14-8-9-15(17)20-14)12-6-5-7-13(11-12)19-4-2/h5-9,11,16,18H,3-4,10H2,1-2H3. The van der Waals surface area contributed by atoms with E-state index in [4.69, 9.17) is 16.3 Å². The smallest absolute Gasteiger partial charge is 0.119 e. The van der Waals surface area contributed by atoms with Crippen LogP contribution in [0, 0.1) is 0 Å². The Bertz CT molecular complexity index is 541. The molecule has 1 unspecified atom stereocenters. The third kappa shape index (κ3) is 3.98. The molecule has 20 heavy (non-hydrogen) atoms. The van der Waals surface area contributed by atoms with Gasteiger partial charge in [0.25, 0.3) is 0 Å². The van der Waals surface area contributed by atoms with Crippen molar-refractivity contribution in [2.24, 2.45) is 0 Å². The van der Waals surface area contributed by atoms with Gasteiger partial charge in [0.05, 0.1) is 17.0 Å². The molecule has 2 rings (SSSR count). The third-order valence-electron chi connectivity index (χ3n) is 2.98. The maximum atomic E-state index is 6.07. The molecular formula is C16H20ClNOS. The summed E-state index contributed by atoms with van der Waals surface area (Å²) in [6.07, 6.45) is 1.10. The highest BCUT2D eigenvalue weighted by Gasteiger charge is 2.16. The van der Waals surface area contributed by atoms with Crippen LogP contribution in [-0.4, -0.2) is 13.2 Å². The van der Waals surface area contributed by atoms with E-state index < -0.39 is 0 Å². The van der Waals surface area contributed by atoms with Crippen LogP contribution in [0.5, 0.6) is 5.75 Å². The van der Waals surface area contributed by atoms with Gasteiger partial charge in [0.1, 0.15) is 5.75 Å². The lowest BCUT2D eigenvalue weighted by Gasteiger charge is -2.18. The molecule has 2 aromatic rings. The Morgan fingerprint density at radius 1 is 1.25 bits per heavy atom. The van der Waals surface area contributed by atoms with Gasteiger partial charge in [-0.2, -0.15) is 0 Å². The summed E-state index contributed by atoms with van der Waals surface area (Å²) in [4.78, 5) is 1.23. The summed E-state index contributed by atoms with van der Waals surface area (Å²) in [5.41, 5.74) is 1.21. The SMILES string of the molecule is CCCNC(c1cccc(OCC)c1)c1ccc(Cl)s1. The van der Waals surface area contributed by atoms with Crippen molar-refractivity contribution >= 4 is 22.9 Å². The summed E-state index contributed by atoms with van der Waals surface area (Å²) in [6.45, 7) is 5.82. The Hall–Kier alpha value is -1.03. The summed E-state index contributed by atoms with van der Waals surface area (Å²) >= 11 is 7.70. The van der Waals surface area contributed by atoms with Crippen LogP contribution < -0.4 is 10.1 Å². The zero-order valence-corrected chi connectivity index (χ0v) is 13.4. The van der Waals surface area contributed by atoms with Gasteiger partial charge in [0.2, 0.25) is 0 Å². The van der Waals surface area contributed by atoms with E-state index in [1.807, 2.05) is 25.1 Å². The Labute approximate surface area is 129 Å². The van der Waals surface area contributed by atoms with E-state index in [1.54, 1.807) is 11.3 Å². The molecule has 1 aromatic carbocycles. The second-order valence-corrected chi connectivity index (χ2v) is 6.28. The molecule has 4 heteroatoms. The highest BCUT2D eigenvalue weighted by Crippen LogP contribution is 2.32. The normalized spacial score (nSPS) is 12.3. The minimum absolute atomic E-state index is 0.174. The minimum Gasteiger partial charge on any atom is -0.494 e. The Balaban J connectivity index is 2.28. The summed E-state index contributed by atoms with van der Waals surface area (Å²) in [7, 11) is 0. The number of nitrogens with one attached hydrogen (secondary N) is 1. The maximum Gasteiger partial charge on any atom is 0.119 e. The Morgan fingerprint density at radius 2 is 2.10 bits per heavy atom. The molecule has 1 atom stereocenters. The summed E-state index contributed by atoms with van der Waals surface area (Å²) in [6, 6.07) is 12.5. The van der Waals surface area contributed by atoms with Gasteiger partial charge in [-0.05, 0) is 49.7 Å². The molecule has 1 N–H and O–H groups in total. The summed E-state index contributed by atoms with van der Waals surface area (Å²) < 4.78 is 6.42. The van der Waals surface area contributed by atoms with Crippen LogP contribution in [0.25, 0.3) is 0 Å². The van der Waals surface area contributed by atoms with Crippen molar-refractivity contribution in [2.75, 3.05) is 13.2 Å². The van der Waals surface area contributed by atoms with Crippen molar-refractivity contribution in [1.82, 2.24) is 5.32 Å². The maximum absolute atomic E-state index is 6.07. The molecule has 0 amide bonds. The molecule has 0 radical (unpaired) electrons. The van der Waals surface area contributed by atoms with E-state index in [0.717, 1.165) is 23.1 Å². The zero-order chi connectivity index (χ0) is 14.4. The van der Waals surface area contributed by atoms with Crippen molar-refractivity contribution in [3.05, 3.63) is 51.2 Å². The van der Waals surface area contributed by atoms with Crippen LogP contribution in [0.2, 0.25) is 4.34 Å². The largest absolute Gasteiger partial charge is 0.494 e. The monoisotopic (exact) mass is 309 g/mol. The molecule has 0 bridgehead atoms. The minimum atomic E-state index is 0.174. The van der Waals surface area contributed by atoms with E-state index in [0.29, 0.717) is 6.61 Å². The van der Waals surface area contributed by atoms with Gasteiger partial charge in [-0.3, -0.25) is 0 Å². The van der Waals surface area contributed by atoms with Crippen molar-refractivity contribution < 1.29 is 4.74 Å². The second kappa shape index (κ2) is 7.67. The lowest BCUT2D eigenvalue weighted by Crippen LogP contribution is -2.22. The molecule has 0 aliphatic rings. The molecule has 0 fully saturated rings. The number of halogens is 1. The quantitative estimate of drug-likeness (QED) is 0.786. The average molecular weight is 310 g/mol. The molecule has 1 heterocycles. The molecule has 0 aliphatic heterocycles. The number of thiophene rings is 1. The number of ether oxygens (including phenoxy) is 1. The van der Waals surface area contributed by atoms with E-state index in [2.05, 4.69) is 30.4 Å². The van der Waals surface area contributed by atoms with E-state index in [-0.39, 0.29) is 6.04 Å². The predicted molar refractivity (Wildman–Crippen MR) is 87.1 cm³/mol. The molecular weight excluding hydrogens is 290 g/mol. The Morgan fingerprint density at radius 3 is 2.75 bits per heavy atom. The fourth-order valence-electron chi connectivity index (χ4n) is 2.11. The average Bonchev–Trinajstić information content (AvgIpc) is 2.87.